The molecule has 3 N–H and O–H groups in total. The molecular weight excluding hydrogens is 313 g/mol. The second-order valence-corrected chi connectivity index (χ2v) is 5.85. The zero-order chi connectivity index (χ0) is 17.3. The Bertz CT molecular complexity index is 755. The molecule has 8 heteroatoms. The van der Waals surface area contributed by atoms with Crippen molar-refractivity contribution in [1.82, 2.24) is 15.3 Å². The summed E-state index contributed by atoms with van der Waals surface area (Å²) in [5.41, 5.74) is 2.72. The molecule has 1 atom stereocenters. The summed E-state index contributed by atoms with van der Waals surface area (Å²) in [6.07, 6.45) is 0. The molecule has 128 valence electrons. The molecule has 0 fully saturated rings. The second kappa shape index (κ2) is 6.68. The van der Waals surface area contributed by atoms with Crippen LogP contribution in [0.1, 0.15) is 18.1 Å². The van der Waals surface area contributed by atoms with Crippen LogP contribution in [0.2, 0.25) is 0 Å². The molecule has 0 bridgehead atoms. The van der Waals surface area contributed by atoms with Crippen molar-refractivity contribution in [1.29, 1.82) is 0 Å². The summed E-state index contributed by atoms with van der Waals surface area (Å²) in [7, 11) is 0. The standard InChI is InChI=1S/C16H19FN5O2/c1-9-5-11(17)3-4-12(9)14-13-6-18-8-22(24)15(13)21-16(20-14)19-10(2)7-23/h3-5,10,18,23H,6-8H2,1-2H3,(H,19,20,21)/q-1/t10-/m1/s1. The van der Waals surface area contributed by atoms with Gasteiger partial charge in [0.2, 0.25) is 5.95 Å². The third-order valence-corrected chi connectivity index (χ3v) is 3.87. The first kappa shape index (κ1) is 16.6. The Morgan fingerprint density at radius 2 is 2.25 bits per heavy atom. The SMILES string of the molecule is Cc1cc(F)ccc1-c1nc(N[C@H](C)CO)nc2c1CNCN2[O-]. The molecule has 0 saturated heterocycles. The van der Waals surface area contributed by atoms with Gasteiger partial charge in [-0.15, -0.1) is 0 Å². The molecule has 0 unspecified atom stereocenters. The Balaban J connectivity index is 2.15. The van der Waals surface area contributed by atoms with E-state index in [4.69, 9.17) is 0 Å². The van der Waals surface area contributed by atoms with Crippen LogP contribution in [0.4, 0.5) is 16.2 Å². The van der Waals surface area contributed by atoms with Gasteiger partial charge >= 0.3 is 0 Å². The van der Waals surface area contributed by atoms with Crippen LogP contribution < -0.4 is 15.7 Å². The summed E-state index contributed by atoms with van der Waals surface area (Å²) in [6.45, 7) is 4.08. The van der Waals surface area contributed by atoms with Crippen molar-refractivity contribution < 1.29 is 9.50 Å². The van der Waals surface area contributed by atoms with Crippen molar-refractivity contribution >= 4 is 11.8 Å². The number of aliphatic hydroxyl groups is 1. The average Bonchev–Trinajstić information content (AvgIpc) is 2.55. The predicted molar refractivity (Wildman–Crippen MR) is 89.9 cm³/mol. The van der Waals surface area contributed by atoms with Crippen molar-refractivity contribution in [2.24, 2.45) is 0 Å². The van der Waals surface area contributed by atoms with Crippen LogP contribution in [-0.2, 0) is 6.54 Å². The fraction of sp³-hybridized carbons (Fsp3) is 0.375. The van der Waals surface area contributed by atoms with E-state index in [1.54, 1.807) is 19.9 Å². The van der Waals surface area contributed by atoms with Crippen LogP contribution in [0.3, 0.4) is 0 Å². The van der Waals surface area contributed by atoms with Crippen molar-refractivity contribution in [3.05, 3.63) is 40.4 Å². The summed E-state index contributed by atoms with van der Waals surface area (Å²) >= 11 is 0. The molecular formula is C16H19FN5O2-. The highest BCUT2D eigenvalue weighted by atomic mass is 19.1. The van der Waals surface area contributed by atoms with Gasteiger partial charge in [-0.3, -0.25) is 5.32 Å². The van der Waals surface area contributed by atoms with E-state index >= 15 is 0 Å². The molecule has 24 heavy (non-hydrogen) atoms. The Morgan fingerprint density at radius 1 is 1.46 bits per heavy atom. The first-order valence-electron chi connectivity index (χ1n) is 7.70. The molecule has 0 amide bonds. The minimum atomic E-state index is -0.324. The Morgan fingerprint density at radius 3 is 2.96 bits per heavy atom. The number of anilines is 2. The number of fused-ring (bicyclic) bond motifs is 1. The van der Waals surface area contributed by atoms with Gasteiger partial charge in [0, 0.05) is 23.7 Å². The highest BCUT2D eigenvalue weighted by molar-refractivity contribution is 5.73. The molecule has 1 aliphatic heterocycles. The first-order valence-corrected chi connectivity index (χ1v) is 7.70. The zero-order valence-electron chi connectivity index (χ0n) is 13.5. The van der Waals surface area contributed by atoms with Crippen molar-refractivity contribution in [2.75, 3.05) is 23.7 Å². The van der Waals surface area contributed by atoms with Gasteiger partial charge in [0.05, 0.1) is 19.0 Å². The maximum atomic E-state index is 13.4. The van der Waals surface area contributed by atoms with Gasteiger partial charge in [-0.2, -0.15) is 4.98 Å². The highest BCUT2D eigenvalue weighted by Crippen LogP contribution is 2.33. The summed E-state index contributed by atoms with van der Waals surface area (Å²) in [5, 5.41) is 28.1. The first-order chi connectivity index (χ1) is 11.5. The minimum absolute atomic E-state index is 0.0893. The topological polar surface area (TPSA) is 96.4 Å². The molecule has 7 nitrogen and oxygen atoms in total. The molecule has 0 aliphatic carbocycles. The van der Waals surface area contributed by atoms with Crippen LogP contribution in [-0.4, -0.2) is 34.4 Å². The Kier molecular flexibility index (Phi) is 4.61. The maximum absolute atomic E-state index is 13.4. The number of rotatable bonds is 4. The summed E-state index contributed by atoms with van der Waals surface area (Å²) in [6, 6.07) is 4.19. The number of nitrogens with one attached hydrogen (secondary N) is 2. The number of benzene rings is 1. The van der Waals surface area contributed by atoms with Crippen LogP contribution in [0.25, 0.3) is 11.3 Å². The van der Waals surface area contributed by atoms with Gasteiger partial charge in [-0.1, -0.05) is 0 Å². The van der Waals surface area contributed by atoms with Crippen LogP contribution in [0, 0.1) is 17.9 Å². The number of halogens is 1. The molecule has 1 aromatic carbocycles. The lowest BCUT2D eigenvalue weighted by molar-refractivity contribution is 0.281. The molecule has 1 aromatic heterocycles. The predicted octanol–water partition coefficient (Wildman–Crippen LogP) is 1.75. The molecule has 0 radical (unpaired) electrons. The normalized spacial score (nSPS) is 15.1. The lowest BCUT2D eigenvalue weighted by Gasteiger charge is -2.36. The van der Waals surface area contributed by atoms with Gasteiger partial charge in [0.15, 0.2) is 0 Å². The highest BCUT2D eigenvalue weighted by Gasteiger charge is 2.21. The zero-order valence-corrected chi connectivity index (χ0v) is 13.5. The largest absolute Gasteiger partial charge is 0.756 e. The monoisotopic (exact) mass is 332 g/mol. The van der Waals surface area contributed by atoms with E-state index in [0.717, 1.165) is 16.2 Å². The van der Waals surface area contributed by atoms with Crippen molar-refractivity contribution in [3.8, 4) is 11.3 Å². The van der Waals surface area contributed by atoms with Crippen molar-refractivity contribution in [3.63, 3.8) is 0 Å². The average molecular weight is 332 g/mol. The van der Waals surface area contributed by atoms with E-state index in [0.29, 0.717) is 17.8 Å². The van der Waals surface area contributed by atoms with Gasteiger partial charge in [-0.05, 0) is 37.6 Å². The summed E-state index contributed by atoms with van der Waals surface area (Å²) in [5.74, 6) is 0.224. The number of hydroxylamine groups is 1. The maximum Gasteiger partial charge on any atom is 0.225 e. The minimum Gasteiger partial charge on any atom is -0.756 e. The van der Waals surface area contributed by atoms with Gasteiger partial charge in [0.25, 0.3) is 0 Å². The third-order valence-electron chi connectivity index (χ3n) is 3.87. The number of hydrogen-bond donors (Lipinski definition) is 3. The molecule has 3 rings (SSSR count). The van der Waals surface area contributed by atoms with E-state index in [1.807, 2.05) is 0 Å². The fourth-order valence-corrected chi connectivity index (χ4v) is 2.64. The molecule has 0 saturated carbocycles. The third kappa shape index (κ3) is 3.16. The molecule has 1 aliphatic rings. The lowest BCUT2D eigenvalue weighted by Crippen LogP contribution is -2.36. The number of aromatic nitrogens is 2. The van der Waals surface area contributed by atoms with Crippen LogP contribution >= 0.6 is 0 Å². The molecule has 2 aromatic rings. The smallest absolute Gasteiger partial charge is 0.225 e. The van der Waals surface area contributed by atoms with Gasteiger partial charge in [-0.25, -0.2) is 9.37 Å². The van der Waals surface area contributed by atoms with E-state index in [1.165, 1.54) is 12.1 Å². The lowest BCUT2D eigenvalue weighted by atomic mass is 10.0. The van der Waals surface area contributed by atoms with E-state index < -0.39 is 0 Å². The van der Waals surface area contributed by atoms with Crippen LogP contribution in [0.15, 0.2) is 18.2 Å². The number of nitrogens with zero attached hydrogens (tertiary/aromatic N) is 3. The second-order valence-electron chi connectivity index (χ2n) is 5.85. The summed E-state index contributed by atoms with van der Waals surface area (Å²) in [4.78, 5) is 8.79. The molecule has 2 heterocycles. The van der Waals surface area contributed by atoms with E-state index in [9.17, 15) is 14.7 Å². The quantitative estimate of drug-likeness (QED) is 0.785. The number of hydrogen-bond acceptors (Lipinski definition) is 7. The number of aliphatic hydroxyl groups excluding tert-OH is 1. The number of aryl methyl sites for hydroxylation is 1. The van der Waals surface area contributed by atoms with Crippen molar-refractivity contribution in [2.45, 2.75) is 26.4 Å². The fourth-order valence-electron chi connectivity index (χ4n) is 2.64. The van der Waals surface area contributed by atoms with Gasteiger partial charge in [0.1, 0.15) is 11.6 Å². The van der Waals surface area contributed by atoms with Crippen LogP contribution in [0.5, 0.6) is 0 Å². The van der Waals surface area contributed by atoms with E-state index in [-0.39, 0.29) is 36.9 Å². The van der Waals surface area contributed by atoms with Gasteiger partial charge < -0.3 is 20.7 Å². The summed E-state index contributed by atoms with van der Waals surface area (Å²) < 4.78 is 13.4. The Labute approximate surface area is 139 Å². The Hall–Kier alpha value is -2.29. The van der Waals surface area contributed by atoms with E-state index in [2.05, 4.69) is 20.6 Å². The molecule has 0 spiro atoms.